The maximum absolute atomic E-state index is 14.1. The van der Waals surface area contributed by atoms with Gasteiger partial charge in [-0.2, -0.15) is 15.0 Å². The fraction of sp³-hybridized carbons (Fsp3) is 0.120. The van der Waals surface area contributed by atoms with E-state index < -0.39 is 11.6 Å². The predicted molar refractivity (Wildman–Crippen MR) is 132 cm³/mol. The Hall–Kier alpha value is -4.60. The van der Waals surface area contributed by atoms with Gasteiger partial charge in [0.15, 0.2) is 0 Å². The molecule has 4 rings (SSSR count). The molecule has 0 saturated carbocycles. The second kappa shape index (κ2) is 10.6. The number of nitrogens with one attached hydrogen (secondary N) is 4. The fourth-order valence-corrected chi connectivity index (χ4v) is 3.16. The minimum absolute atomic E-state index is 0.00127. The molecule has 0 bridgehead atoms. The number of halogens is 2. The van der Waals surface area contributed by atoms with Crippen molar-refractivity contribution in [2.45, 2.75) is 13.8 Å². The fourth-order valence-electron chi connectivity index (χ4n) is 3.16. The Bertz CT molecular complexity index is 1300. The first-order chi connectivity index (χ1) is 16.9. The molecule has 0 aliphatic carbocycles. The van der Waals surface area contributed by atoms with Crippen molar-refractivity contribution in [3.8, 4) is 0 Å². The van der Waals surface area contributed by atoms with Crippen molar-refractivity contribution in [2.24, 2.45) is 0 Å². The lowest BCUT2D eigenvalue weighted by Crippen LogP contribution is -2.23. The van der Waals surface area contributed by atoms with Gasteiger partial charge in [0.05, 0.1) is 17.9 Å². The van der Waals surface area contributed by atoms with E-state index >= 15 is 0 Å². The Morgan fingerprint density at radius 1 is 0.743 bits per heavy atom. The van der Waals surface area contributed by atoms with Crippen molar-refractivity contribution in [1.29, 1.82) is 0 Å². The second-order valence-electron chi connectivity index (χ2n) is 7.74. The molecule has 0 radical (unpaired) electrons. The van der Waals surface area contributed by atoms with E-state index in [9.17, 15) is 13.6 Å². The van der Waals surface area contributed by atoms with Crippen LogP contribution in [0, 0.1) is 25.5 Å². The summed E-state index contributed by atoms with van der Waals surface area (Å²) < 4.78 is 28.3. The molecule has 35 heavy (non-hydrogen) atoms. The van der Waals surface area contributed by atoms with Crippen LogP contribution in [0.3, 0.4) is 0 Å². The van der Waals surface area contributed by atoms with E-state index in [-0.39, 0.29) is 41.7 Å². The van der Waals surface area contributed by atoms with Gasteiger partial charge in [-0.3, -0.25) is 4.79 Å². The van der Waals surface area contributed by atoms with Crippen LogP contribution in [0.15, 0.2) is 66.7 Å². The summed E-state index contributed by atoms with van der Waals surface area (Å²) in [6, 6.07) is 17.8. The highest BCUT2D eigenvalue weighted by Gasteiger charge is 2.12. The van der Waals surface area contributed by atoms with E-state index in [4.69, 9.17) is 0 Å². The minimum atomic E-state index is -0.501. The van der Waals surface area contributed by atoms with Crippen LogP contribution in [0.2, 0.25) is 0 Å². The summed E-state index contributed by atoms with van der Waals surface area (Å²) in [5.74, 6) is -1.28. The number of benzene rings is 3. The average molecular weight is 476 g/mol. The van der Waals surface area contributed by atoms with Crippen LogP contribution in [0.5, 0.6) is 0 Å². The lowest BCUT2D eigenvalue weighted by Gasteiger charge is -2.13. The molecule has 0 atom stereocenters. The first kappa shape index (κ1) is 23.6. The van der Waals surface area contributed by atoms with Crippen molar-refractivity contribution in [3.05, 3.63) is 89.5 Å². The van der Waals surface area contributed by atoms with E-state index in [1.807, 2.05) is 32.0 Å². The highest BCUT2D eigenvalue weighted by atomic mass is 19.1. The van der Waals surface area contributed by atoms with E-state index in [1.54, 1.807) is 24.3 Å². The van der Waals surface area contributed by atoms with Crippen LogP contribution in [0.4, 0.5) is 43.7 Å². The third-order valence-corrected chi connectivity index (χ3v) is 4.95. The summed E-state index contributed by atoms with van der Waals surface area (Å²) in [4.78, 5) is 25.2. The highest BCUT2D eigenvalue weighted by molar-refractivity contribution is 5.94. The summed E-state index contributed by atoms with van der Waals surface area (Å²) in [5.41, 5.74) is 2.94. The Kier molecular flexibility index (Phi) is 7.10. The molecule has 4 N–H and O–H groups in total. The molecule has 0 unspecified atom stereocenters. The molecule has 10 heteroatoms. The van der Waals surface area contributed by atoms with Gasteiger partial charge in [-0.1, -0.05) is 36.4 Å². The second-order valence-corrected chi connectivity index (χ2v) is 7.74. The smallest absolute Gasteiger partial charge is 0.243 e. The predicted octanol–water partition coefficient (Wildman–Crippen LogP) is 5.30. The zero-order valence-electron chi connectivity index (χ0n) is 19.1. The third-order valence-electron chi connectivity index (χ3n) is 4.95. The first-order valence-corrected chi connectivity index (χ1v) is 10.8. The van der Waals surface area contributed by atoms with E-state index in [0.717, 1.165) is 11.1 Å². The van der Waals surface area contributed by atoms with Gasteiger partial charge in [-0.05, 0) is 55.3 Å². The maximum Gasteiger partial charge on any atom is 0.243 e. The minimum Gasteiger partial charge on any atom is -0.345 e. The molecule has 1 amide bonds. The van der Waals surface area contributed by atoms with Gasteiger partial charge in [0, 0.05) is 5.69 Å². The van der Waals surface area contributed by atoms with Crippen LogP contribution < -0.4 is 21.3 Å². The van der Waals surface area contributed by atoms with Crippen molar-refractivity contribution in [3.63, 3.8) is 0 Å². The SMILES string of the molecule is Cc1ccc(C)c(NC(=O)CNc2nc(Nc3ccccc3F)nc(Nc3ccccc3F)n2)c1. The van der Waals surface area contributed by atoms with Gasteiger partial charge in [0.2, 0.25) is 23.8 Å². The van der Waals surface area contributed by atoms with Crippen molar-refractivity contribution < 1.29 is 13.6 Å². The topological polar surface area (TPSA) is 104 Å². The van der Waals surface area contributed by atoms with Gasteiger partial charge in [-0.25, -0.2) is 8.78 Å². The molecule has 1 heterocycles. The van der Waals surface area contributed by atoms with Gasteiger partial charge >= 0.3 is 0 Å². The number of para-hydroxylation sites is 2. The van der Waals surface area contributed by atoms with Crippen LogP contribution in [0.1, 0.15) is 11.1 Å². The Balaban J connectivity index is 1.54. The van der Waals surface area contributed by atoms with Crippen LogP contribution in [-0.2, 0) is 4.79 Å². The molecule has 4 aromatic rings. The monoisotopic (exact) mass is 475 g/mol. The molecule has 0 aliphatic heterocycles. The van der Waals surface area contributed by atoms with Crippen LogP contribution in [0.25, 0.3) is 0 Å². The zero-order valence-corrected chi connectivity index (χ0v) is 19.1. The van der Waals surface area contributed by atoms with Gasteiger partial charge in [0.1, 0.15) is 11.6 Å². The van der Waals surface area contributed by atoms with E-state index in [1.165, 1.54) is 24.3 Å². The molecule has 3 aromatic carbocycles. The van der Waals surface area contributed by atoms with E-state index in [0.29, 0.717) is 5.69 Å². The molecular formula is C25H23F2N7O. The van der Waals surface area contributed by atoms with Gasteiger partial charge in [-0.15, -0.1) is 0 Å². The normalized spacial score (nSPS) is 10.5. The molecule has 0 fully saturated rings. The lowest BCUT2D eigenvalue weighted by atomic mass is 10.1. The summed E-state index contributed by atoms with van der Waals surface area (Å²) >= 11 is 0. The molecule has 1 aromatic heterocycles. The molecular weight excluding hydrogens is 452 g/mol. The molecule has 0 aliphatic rings. The zero-order chi connectivity index (χ0) is 24.8. The van der Waals surface area contributed by atoms with Gasteiger partial charge in [0.25, 0.3) is 0 Å². The first-order valence-electron chi connectivity index (χ1n) is 10.8. The van der Waals surface area contributed by atoms with Crippen LogP contribution >= 0.6 is 0 Å². The summed E-state index contributed by atoms with van der Waals surface area (Å²) in [5, 5.41) is 11.2. The number of hydrogen-bond donors (Lipinski definition) is 4. The maximum atomic E-state index is 14.1. The molecule has 178 valence electrons. The van der Waals surface area contributed by atoms with E-state index in [2.05, 4.69) is 36.2 Å². The van der Waals surface area contributed by atoms with Crippen molar-refractivity contribution >= 4 is 40.8 Å². The number of aryl methyl sites for hydroxylation is 2. The molecule has 0 saturated heterocycles. The number of rotatable bonds is 8. The quantitative estimate of drug-likeness (QED) is 0.274. The standard InChI is InChI=1S/C25H23F2N7O/c1-15-11-12-16(2)21(13-15)29-22(35)14-28-23-32-24(30-19-9-5-3-7-17(19)26)34-25(33-23)31-20-10-6-4-8-18(20)27/h3-13H,14H2,1-2H3,(H,29,35)(H3,28,30,31,32,33,34). The van der Waals surface area contributed by atoms with Crippen LogP contribution in [-0.4, -0.2) is 27.4 Å². The number of amides is 1. The highest BCUT2D eigenvalue weighted by Crippen LogP contribution is 2.22. The number of carbonyl (C=O) groups is 1. The number of hydrogen-bond acceptors (Lipinski definition) is 7. The summed E-state index contributed by atoms with van der Waals surface area (Å²) in [6.07, 6.45) is 0. The Morgan fingerprint density at radius 2 is 1.29 bits per heavy atom. The Labute approximate surface area is 200 Å². The Morgan fingerprint density at radius 3 is 1.86 bits per heavy atom. The average Bonchev–Trinajstić information content (AvgIpc) is 2.83. The van der Waals surface area contributed by atoms with Crippen molar-refractivity contribution in [1.82, 2.24) is 15.0 Å². The molecule has 8 nitrogen and oxygen atoms in total. The number of carbonyl (C=O) groups excluding carboxylic acids is 1. The number of anilines is 6. The molecule has 0 spiro atoms. The summed E-state index contributed by atoms with van der Waals surface area (Å²) in [6.45, 7) is 3.69. The summed E-state index contributed by atoms with van der Waals surface area (Å²) in [7, 11) is 0. The number of aromatic nitrogens is 3. The number of nitrogens with zero attached hydrogens (tertiary/aromatic N) is 3. The lowest BCUT2D eigenvalue weighted by molar-refractivity contribution is -0.114. The largest absolute Gasteiger partial charge is 0.345 e. The van der Waals surface area contributed by atoms with Gasteiger partial charge < -0.3 is 21.3 Å². The van der Waals surface area contributed by atoms with Crippen molar-refractivity contribution in [2.75, 3.05) is 27.8 Å². The third kappa shape index (κ3) is 6.26.